The number of nitrogens with two attached hydrogens (primary N) is 1. The summed E-state index contributed by atoms with van der Waals surface area (Å²) >= 11 is 3.49. The van der Waals surface area contributed by atoms with Crippen molar-refractivity contribution in [3.63, 3.8) is 0 Å². The lowest BCUT2D eigenvalue weighted by atomic mass is 9.83. The second-order valence-corrected chi connectivity index (χ2v) is 6.51. The summed E-state index contributed by atoms with van der Waals surface area (Å²) in [5.41, 5.74) is 7.88. The first kappa shape index (κ1) is 16.5. The van der Waals surface area contributed by atoms with Gasteiger partial charge in [-0.2, -0.15) is 0 Å². The van der Waals surface area contributed by atoms with Gasteiger partial charge in [-0.25, -0.2) is 0 Å². The minimum Gasteiger partial charge on any atom is -0.380 e. The van der Waals surface area contributed by atoms with E-state index in [0.29, 0.717) is 18.9 Å². The monoisotopic (exact) mass is 354 g/mol. The molecule has 3 N–H and O–H groups in total. The summed E-state index contributed by atoms with van der Waals surface area (Å²) in [4.78, 5) is 12.3. The van der Waals surface area contributed by atoms with E-state index in [9.17, 15) is 4.79 Å². The van der Waals surface area contributed by atoms with Crippen molar-refractivity contribution in [1.82, 2.24) is 0 Å². The predicted octanol–water partition coefficient (Wildman–Crippen LogP) is 3.44. The van der Waals surface area contributed by atoms with Crippen LogP contribution in [0.5, 0.6) is 0 Å². The highest BCUT2D eigenvalue weighted by molar-refractivity contribution is 9.10. The molecule has 0 spiro atoms. The van der Waals surface area contributed by atoms with E-state index < -0.39 is 0 Å². The number of anilines is 1. The molecule has 1 fully saturated rings. The maximum Gasteiger partial charge on any atom is 0.224 e. The van der Waals surface area contributed by atoms with Crippen molar-refractivity contribution in [3.8, 4) is 0 Å². The summed E-state index contributed by atoms with van der Waals surface area (Å²) in [6, 6.07) is 5.91. The number of nitrogens with one attached hydrogen (secondary N) is 1. The molecule has 0 aliphatic heterocycles. The maximum atomic E-state index is 12.3. The summed E-state index contributed by atoms with van der Waals surface area (Å²) in [6.07, 6.45) is 4.95. The highest BCUT2D eigenvalue weighted by Crippen LogP contribution is 2.28. The maximum absolute atomic E-state index is 12.3. The predicted molar refractivity (Wildman–Crippen MR) is 88.0 cm³/mol. The summed E-state index contributed by atoms with van der Waals surface area (Å²) in [6.45, 7) is 0.458. The van der Waals surface area contributed by atoms with Crippen molar-refractivity contribution in [1.29, 1.82) is 0 Å². The van der Waals surface area contributed by atoms with Crippen LogP contribution in [0, 0.1) is 5.92 Å². The Balaban J connectivity index is 2.00. The van der Waals surface area contributed by atoms with Crippen molar-refractivity contribution in [2.45, 2.75) is 44.8 Å². The van der Waals surface area contributed by atoms with Crippen LogP contribution < -0.4 is 11.1 Å². The standard InChI is InChI=1S/C16H23BrN2O2/c1-21-10-12-13(17)6-4-8-15(12)19-16(20)9-11-5-2-3-7-14(11)18/h4,6,8,11,14H,2-3,5,7,9-10,18H2,1H3,(H,19,20). The molecule has 21 heavy (non-hydrogen) atoms. The van der Waals surface area contributed by atoms with E-state index in [0.717, 1.165) is 28.6 Å². The normalized spacial score (nSPS) is 22.0. The van der Waals surface area contributed by atoms with Gasteiger partial charge in [0, 0.05) is 35.3 Å². The third-order valence-corrected chi connectivity index (χ3v) is 4.84. The van der Waals surface area contributed by atoms with Gasteiger partial charge in [0.2, 0.25) is 5.91 Å². The van der Waals surface area contributed by atoms with Gasteiger partial charge in [0.1, 0.15) is 0 Å². The molecule has 5 heteroatoms. The molecule has 1 aliphatic carbocycles. The molecular formula is C16H23BrN2O2. The molecule has 0 bridgehead atoms. The average molecular weight is 355 g/mol. The average Bonchev–Trinajstić information content (AvgIpc) is 2.45. The van der Waals surface area contributed by atoms with E-state index in [1.165, 1.54) is 12.8 Å². The number of benzene rings is 1. The van der Waals surface area contributed by atoms with E-state index in [1.54, 1.807) is 7.11 Å². The van der Waals surface area contributed by atoms with Crippen molar-refractivity contribution in [2.75, 3.05) is 12.4 Å². The minimum absolute atomic E-state index is 0.0350. The van der Waals surface area contributed by atoms with Crippen LogP contribution in [-0.2, 0) is 16.1 Å². The largest absolute Gasteiger partial charge is 0.380 e. The first-order chi connectivity index (χ1) is 10.1. The first-order valence-electron chi connectivity index (χ1n) is 7.43. The van der Waals surface area contributed by atoms with Gasteiger partial charge in [-0.15, -0.1) is 0 Å². The van der Waals surface area contributed by atoms with Crippen LogP contribution in [0.4, 0.5) is 5.69 Å². The zero-order valence-electron chi connectivity index (χ0n) is 12.4. The number of carbonyl (C=O) groups is 1. The van der Waals surface area contributed by atoms with Crippen molar-refractivity contribution < 1.29 is 9.53 Å². The van der Waals surface area contributed by atoms with Crippen LogP contribution >= 0.6 is 15.9 Å². The first-order valence-corrected chi connectivity index (χ1v) is 8.23. The van der Waals surface area contributed by atoms with Crippen LogP contribution in [0.25, 0.3) is 0 Å². The Morgan fingerprint density at radius 2 is 2.19 bits per heavy atom. The van der Waals surface area contributed by atoms with E-state index in [1.807, 2.05) is 18.2 Å². The Labute approximate surface area is 134 Å². The fraction of sp³-hybridized carbons (Fsp3) is 0.562. The molecule has 1 aromatic rings. The Hall–Kier alpha value is -0.910. The summed E-state index contributed by atoms with van der Waals surface area (Å²) in [5, 5.41) is 3.00. The number of hydrogen-bond donors (Lipinski definition) is 2. The molecule has 2 rings (SSSR count). The second-order valence-electron chi connectivity index (χ2n) is 5.66. The highest BCUT2D eigenvalue weighted by atomic mass is 79.9. The van der Waals surface area contributed by atoms with Crippen molar-refractivity contribution in [2.24, 2.45) is 11.7 Å². The third kappa shape index (κ3) is 4.53. The molecule has 4 nitrogen and oxygen atoms in total. The van der Waals surface area contributed by atoms with Crippen molar-refractivity contribution >= 4 is 27.5 Å². The molecule has 1 aromatic carbocycles. The molecule has 2 unspecified atom stereocenters. The summed E-state index contributed by atoms with van der Waals surface area (Å²) in [7, 11) is 1.64. The Kier molecular flexibility index (Phi) is 6.21. The molecular weight excluding hydrogens is 332 g/mol. The lowest BCUT2D eigenvalue weighted by molar-refractivity contribution is -0.117. The van der Waals surface area contributed by atoms with Crippen molar-refractivity contribution in [3.05, 3.63) is 28.2 Å². The lowest BCUT2D eigenvalue weighted by Gasteiger charge is -2.28. The van der Waals surface area contributed by atoms with Gasteiger partial charge in [0.05, 0.1) is 6.61 Å². The van der Waals surface area contributed by atoms with Gasteiger partial charge in [0.15, 0.2) is 0 Å². The molecule has 1 amide bonds. The van der Waals surface area contributed by atoms with E-state index >= 15 is 0 Å². The number of carbonyl (C=O) groups excluding carboxylic acids is 1. The zero-order valence-corrected chi connectivity index (χ0v) is 14.0. The van der Waals surface area contributed by atoms with Gasteiger partial charge in [-0.05, 0) is 30.9 Å². The molecule has 0 saturated heterocycles. The molecule has 0 heterocycles. The number of ether oxygens (including phenoxy) is 1. The number of amides is 1. The van der Waals surface area contributed by atoms with E-state index in [-0.39, 0.29) is 11.9 Å². The number of hydrogen-bond acceptors (Lipinski definition) is 3. The van der Waals surface area contributed by atoms with E-state index in [4.69, 9.17) is 10.5 Å². The van der Waals surface area contributed by atoms with E-state index in [2.05, 4.69) is 21.2 Å². The van der Waals surface area contributed by atoms with Gasteiger partial charge in [-0.3, -0.25) is 4.79 Å². The molecule has 1 aliphatic rings. The SMILES string of the molecule is COCc1c(Br)cccc1NC(=O)CC1CCCCC1N. The Morgan fingerprint density at radius 3 is 2.90 bits per heavy atom. The smallest absolute Gasteiger partial charge is 0.224 e. The van der Waals surface area contributed by atoms with Gasteiger partial charge < -0.3 is 15.8 Å². The van der Waals surface area contributed by atoms with Crippen LogP contribution in [0.1, 0.15) is 37.7 Å². The Bertz CT molecular complexity index is 493. The highest BCUT2D eigenvalue weighted by Gasteiger charge is 2.24. The number of methoxy groups -OCH3 is 1. The van der Waals surface area contributed by atoms with Gasteiger partial charge in [-0.1, -0.05) is 34.8 Å². The van der Waals surface area contributed by atoms with Crippen LogP contribution in [-0.4, -0.2) is 19.1 Å². The molecule has 0 aromatic heterocycles. The quantitative estimate of drug-likeness (QED) is 0.850. The summed E-state index contributed by atoms with van der Waals surface area (Å²) < 4.78 is 6.14. The minimum atomic E-state index is 0.0350. The van der Waals surface area contributed by atoms with Crippen LogP contribution in [0.2, 0.25) is 0 Å². The molecule has 116 valence electrons. The summed E-state index contributed by atoms with van der Waals surface area (Å²) in [5.74, 6) is 0.338. The molecule has 2 atom stereocenters. The van der Waals surface area contributed by atoms with Crippen LogP contribution in [0.3, 0.4) is 0 Å². The fourth-order valence-electron chi connectivity index (χ4n) is 2.90. The molecule has 1 saturated carbocycles. The third-order valence-electron chi connectivity index (χ3n) is 4.10. The topological polar surface area (TPSA) is 64.3 Å². The Morgan fingerprint density at radius 1 is 1.43 bits per heavy atom. The van der Waals surface area contributed by atoms with Crippen LogP contribution in [0.15, 0.2) is 22.7 Å². The van der Waals surface area contributed by atoms with Gasteiger partial charge >= 0.3 is 0 Å². The molecule has 0 radical (unpaired) electrons. The second kappa shape index (κ2) is 7.92. The number of rotatable bonds is 5. The lowest BCUT2D eigenvalue weighted by Crippen LogP contribution is -2.35. The number of halogens is 1. The van der Waals surface area contributed by atoms with Gasteiger partial charge in [0.25, 0.3) is 0 Å². The fourth-order valence-corrected chi connectivity index (χ4v) is 3.38. The zero-order chi connectivity index (χ0) is 15.2.